The van der Waals surface area contributed by atoms with Crippen molar-refractivity contribution in [2.24, 2.45) is 4.99 Å². The number of hydrogen-bond acceptors (Lipinski definition) is 6. The first kappa shape index (κ1) is 29.6. The first-order valence-corrected chi connectivity index (χ1v) is 13.4. The van der Waals surface area contributed by atoms with Gasteiger partial charge in [0, 0.05) is 24.9 Å². The lowest BCUT2D eigenvalue weighted by molar-refractivity contribution is -0.143. The molecule has 2 atom stereocenters. The number of carbonyl (C=O) groups excluding carboxylic acids is 2. The predicted octanol–water partition coefficient (Wildman–Crippen LogP) is 4.66. The maximum Gasteiger partial charge on any atom is 0.416 e. The van der Waals surface area contributed by atoms with Crippen molar-refractivity contribution in [3.63, 3.8) is 0 Å². The number of benzene rings is 2. The summed E-state index contributed by atoms with van der Waals surface area (Å²) in [6.07, 6.45) is -6.40. The Labute approximate surface area is 239 Å². The Morgan fingerprint density at radius 3 is 2.57 bits per heavy atom. The fourth-order valence-electron chi connectivity index (χ4n) is 5.03. The van der Waals surface area contributed by atoms with Gasteiger partial charge in [-0.25, -0.2) is 0 Å². The highest BCUT2D eigenvalue weighted by Crippen LogP contribution is 2.38. The normalized spacial score (nSPS) is 20.6. The summed E-state index contributed by atoms with van der Waals surface area (Å²) in [5, 5.41) is 17.7. The zero-order chi connectivity index (χ0) is 30.4. The van der Waals surface area contributed by atoms with Gasteiger partial charge in [-0.1, -0.05) is 12.1 Å². The van der Waals surface area contributed by atoms with Gasteiger partial charge in [-0.15, -0.1) is 0 Å². The topological polar surface area (TPSA) is 99.8 Å². The van der Waals surface area contributed by atoms with Crippen molar-refractivity contribution in [3.05, 3.63) is 69.8 Å². The van der Waals surface area contributed by atoms with E-state index in [9.17, 15) is 41.0 Å². The molecule has 0 saturated carbocycles. The van der Waals surface area contributed by atoms with Crippen LogP contribution in [0.15, 0.2) is 52.5 Å². The number of hydrogen-bond donors (Lipinski definition) is 2. The van der Waals surface area contributed by atoms with Crippen LogP contribution >= 0.6 is 11.8 Å². The molecule has 2 aromatic carbocycles. The zero-order valence-corrected chi connectivity index (χ0v) is 22.6. The highest BCUT2D eigenvalue weighted by molar-refractivity contribution is 8.18. The Kier molecular flexibility index (Phi) is 7.83. The van der Waals surface area contributed by atoms with Crippen LogP contribution < -0.4 is 5.32 Å². The molecule has 8 nitrogen and oxygen atoms in total. The van der Waals surface area contributed by atoms with Crippen LogP contribution in [0.25, 0.3) is 17.0 Å². The second-order valence-electron chi connectivity index (χ2n) is 9.92. The molecule has 42 heavy (non-hydrogen) atoms. The third-order valence-electron chi connectivity index (χ3n) is 6.91. The van der Waals surface area contributed by atoms with Crippen LogP contribution in [-0.4, -0.2) is 62.0 Å². The lowest BCUT2D eigenvalue weighted by atomic mass is 10.0. The SMILES string of the molecule is CC(=O)NC1CC(CO)N(C2=NC(=O)C(=Cc3ccc4c(cnn4Cc4ccc(C(F)(F)F)cc4C(F)(F)F)c3)S2)C1. The van der Waals surface area contributed by atoms with Gasteiger partial charge >= 0.3 is 12.4 Å². The molecule has 0 bridgehead atoms. The summed E-state index contributed by atoms with van der Waals surface area (Å²) in [4.78, 5) is 30.3. The third kappa shape index (κ3) is 6.16. The molecule has 2 amide bonds. The minimum atomic E-state index is -5.00. The number of alkyl halides is 6. The van der Waals surface area contributed by atoms with Crippen molar-refractivity contribution >= 4 is 45.7 Å². The number of fused-ring (bicyclic) bond motifs is 1. The van der Waals surface area contributed by atoms with Crippen molar-refractivity contribution in [2.75, 3.05) is 13.2 Å². The molecule has 0 radical (unpaired) electrons. The van der Waals surface area contributed by atoms with Crippen molar-refractivity contribution in [1.82, 2.24) is 20.0 Å². The van der Waals surface area contributed by atoms with Crippen LogP contribution in [0.4, 0.5) is 26.3 Å². The van der Waals surface area contributed by atoms with Crippen LogP contribution in [0.1, 0.15) is 35.6 Å². The van der Waals surface area contributed by atoms with E-state index in [2.05, 4.69) is 15.4 Å². The molecule has 0 aliphatic carbocycles. The Hall–Kier alpha value is -3.85. The number of halogens is 6. The Bertz CT molecular complexity index is 1610. The monoisotopic (exact) mass is 611 g/mol. The first-order chi connectivity index (χ1) is 19.7. The number of amidine groups is 1. The van der Waals surface area contributed by atoms with Crippen molar-refractivity contribution in [2.45, 2.75) is 44.3 Å². The summed E-state index contributed by atoms with van der Waals surface area (Å²) in [6, 6.07) is 5.91. The number of carbonyl (C=O) groups is 2. The molecule has 5 rings (SSSR count). The first-order valence-electron chi connectivity index (χ1n) is 12.6. The van der Waals surface area contributed by atoms with Gasteiger partial charge in [0.05, 0.1) is 46.9 Å². The number of aliphatic imine (C=N–C) groups is 1. The Morgan fingerprint density at radius 2 is 1.90 bits per heavy atom. The fourth-order valence-corrected chi connectivity index (χ4v) is 6.02. The van der Waals surface area contributed by atoms with Gasteiger partial charge in [-0.2, -0.15) is 36.4 Å². The number of likely N-dealkylation sites (tertiary alicyclic amines) is 1. The third-order valence-corrected chi connectivity index (χ3v) is 7.93. The van der Waals surface area contributed by atoms with Crippen molar-refractivity contribution in [1.29, 1.82) is 0 Å². The number of aromatic nitrogens is 2. The number of aliphatic hydroxyl groups is 1. The highest BCUT2D eigenvalue weighted by atomic mass is 32.2. The standard InChI is InChI=1S/C27H23F6N5O3S/c1-14(40)35-19-9-20(13-39)37(12-19)25-36-24(41)23(42-25)7-15-2-5-22-17(6-15)10-34-38(22)11-16-3-4-18(26(28,29)30)8-21(16)27(31,32)33/h2-8,10,19-20,39H,9,11-13H2,1H3,(H,35,40). The van der Waals surface area contributed by atoms with E-state index in [1.807, 2.05) is 0 Å². The predicted molar refractivity (Wildman–Crippen MR) is 143 cm³/mol. The molecular formula is C27H23F6N5O3S. The lowest BCUT2D eigenvalue weighted by Crippen LogP contribution is -2.38. The molecule has 2 aliphatic rings. The summed E-state index contributed by atoms with van der Waals surface area (Å²) in [6.45, 7) is 1.19. The number of thioether (sulfide) groups is 1. The molecule has 3 heterocycles. The summed E-state index contributed by atoms with van der Waals surface area (Å²) in [7, 11) is 0. The number of aliphatic hydroxyl groups excluding tert-OH is 1. The molecular weight excluding hydrogens is 588 g/mol. The molecule has 0 spiro atoms. The van der Waals surface area contributed by atoms with E-state index in [0.717, 1.165) is 17.8 Å². The number of amides is 2. The molecule has 15 heteroatoms. The maximum atomic E-state index is 13.6. The second-order valence-corrected chi connectivity index (χ2v) is 10.9. The fraction of sp³-hybridized carbons (Fsp3) is 0.333. The molecule has 2 aliphatic heterocycles. The Morgan fingerprint density at radius 1 is 1.14 bits per heavy atom. The van der Waals surface area contributed by atoms with E-state index < -0.39 is 35.9 Å². The zero-order valence-electron chi connectivity index (χ0n) is 21.8. The minimum Gasteiger partial charge on any atom is -0.394 e. The van der Waals surface area contributed by atoms with Gasteiger partial charge in [-0.05, 0) is 59.7 Å². The van der Waals surface area contributed by atoms with Crippen LogP contribution in [0.5, 0.6) is 0 Å². The average Bonchev–Trinajstić information content (AvgIpc) is 3.59. The van der Waals surface area contributed by atoms with E-state index >= 15 is 0 Å². The summed E-state index contributed by atoms with van der Waals surface area (Å²) >= 11 is 1.13. The van der Waals surface area contributed by atoms with Crippen molar-refractivity contribution in [3.8, 4) is 0 Å². The lowest BCUT2D eigenvalue weighted by Gasteiger charge is -2.23. The number of nitrogens with zero attached hydrogens (tertiary/aromatic N) is 4. The molecule has 3 aromatic rings. The van der Waals surface area contributed by atoms with E-state index in [1.54, 1.807) is 29.2 Å². The molecule has 1 saturated heterocycles. The molecule has 2 unspecified atom stereocenters. The van der Waals surface area contributed by atoms with Gasteiger partial charge in [-0.3, -0.25) is 14.3 Å². The Balaban J connectivity index is 1.35. The molecule has 222 valence electrons. The second kappa shape index (κ2) is 11.1. The summed E-state index contributed by atoms with van der Waals surface area (Å²) in [5.41, 5.74) is -2.11. The van der Waals surface area contributed by atoms with Gasteiger partial charge in [0.15, 0.2) is 5.17 Å². The van der Waals surface area contributed by atoms with Crippen molar-refractivity contribution < 1.29 is 41.0 Å². The van der Waals surface area contributed by atoms with Gasteiger partial charge in [0.1, 0.15) is 0 Å². The minimum absolute atomic E-state index is 0.100. The molecule has 1 fully saturated rings. The largest absolute Gasteiger partial charge is 0.416 e. The van der Waals surface area contributed by atoms with E-state index in [0.29, 0.717) is 45.6 Å². The van der Waals surface area contributed by atoms with Crippen LogP contribution in [0.3, 0.4) is 0 Å². The average molecular weight is 612 g/mol. The quantitative estimate of drug-likeness (QED) is 0.322. The maximum absolute atomic E-state index is 13.6. The summed E-state index contributed by atoms with van der Waals surface area (Å²) < 4.78 is 81.1. The number of nitrogens with one attached hydrogen (secondary N) is 1. The van der Waals surface area contributed by atoms with Crippen LogP contribution in [0, 0.1) is 0 Å². The molecule has 2 N–H and O–H groups in total. The van der Waals surface area contributed by atoms with E-state index in [1.165, 1.54) is 17.8 Å². The van der Waals surface area contributed by atoms with Gasteiger partial charge in [0.2, 0.25) is 5.91 Å². The van der Waals surface area contributed by atoms with Gasteiger partial charge < -0.3 is 15.3 Å². The van der Waals surface area contributed by atoms with E-state index in [4.69, 9.17) is 0 Å². The van der Waals surface area contributed by atoms with Gasteiger partial charge in [0.25, 0.3) is 5.91 Å². The molecule has 1 aromatic heterocycles. The smallest absolute Gasteiger partial charge is 0.394 e. The summed E-state index contributed by atoms with van der Waals surface area (Å²) in [5.74, 6) is -0.678. The van der Waals surface area contributed by atoms with Crippen LogP contribution in [-0.2, 0) is 28.5 Å². The van der Waals surface area contributed by atoms with Crippen LogP contribution in [0.2, 0.25) is 0 Å². The van der Waals surface area contributed by atoms with E-state index in [-0.39, 0.29) is 36.2 Å². The highest BCUT2D eigenvalue weighted by Gasteiger charge is 2.39. The number of rotatable bonds is 5.